The van der Waals surface area contributed by atoms with Crippen LogP contribution >= 0.6 is 0 Å². The van der Waals surface area contributed by atoms with Gasteiger partial charge in [0.1, 0.15) is 6.29 Å². The molecule has 0 fully saturated rings. The molecule has 0 bridgehead atoms. The van der Waals surface area contributed by atoms with Crippen LogP contribution in [0.3, 0.4) is 0 Å². The summed E-state index contributed by atoms with van der Waals surface area (Å²) in [5, 5.41) is 4.23. The predicted molar refractivity (Wildman–Crippen MR) is 117 cm³/mol. The number of fused-ring (bicyclic) bond motifs is 1. The number of halogens is 3. The Kier molecular flexibility index (Phi) is 5.71. The first-order valence-corrected chi connectivity index (χ1v) is 9.81. The lowest BCUT2D eigenvalue weighted by Gasteiger charge is -2.12. The minimum absolute atomic E-state index is 0.400. The summed E-state index contributed by atoms with van der Waals surface area (Å²) in [7, 11) is 0. The standard InChI is InChI=1S/C25H19F3N2O/c26-25(27,28)20-6-3-5-19(15-20)17-9-11-18(12-10-17)23-16-24(29-13-4-14-31)21-7-1-2-8-22(21)30-23/h1-3,5-12,14-16H,4,13H2,(H,29,30). The molecule has 4 rings (SSSR count). The predicted octanol–water partition coefficient (Wildman–Crippen LogP) is 6.59. The Morgan fingerprint density at radius 1 is 0.839 bits per heavy atom. The molecule has 0 amide bonds. The number of benzene rings is 3. The molecule has 0 saturated carbocycles. The van der Waals surface area contributed by atoms with Gasteiger partial charge in [-0.1, -0.05) is 54.6 Å². The fourth-order valence-electron chi connectivity index (χ4n) is 3.44. The number of carbonyl (C=O) groups is 1. The normalized spacial score (nSPS) is 11.5. The highest BCUT2D eigenvalue weighted by Gasteiger charge is 2.30. The molecule has 0 spiro atoms. The lowest BCUT2D eigenvalue weighted by Crippen LogP contribution is -2.04. The highest BCUT2D eigenvalue weighted by molar-refractivity contribution is 5.94. The third-order valence-electron chi connectivity index (χ3n) is 5.00. The largest absolute Gasteiger partial charge is 0.416 e. The molecule has 0 radical (unpaired) electrons. The van der Waals surface area contributed by atoms with Crippen LogP contribution in [-0.2, 0) is 11.0 Å². The van der Waals surface area contributed by atoms with E-state index < -0.39 is 11.7 Å². The lowest BCUT2D eigenvalue weighted by molar-refractivity contribution is -0.137. The van der Waals surface area contributed by atoms with E-state index >= 15 is 0 Å². The first-order valence-electron chi connectivity index (χ1n) is 9.81. The van der Waals surface area contributed by atoms with Crippen LogP contribution in [0.15, 0.2) is 78.9 Å². The molecule has 0 aliphatic heterocycles. The SMILES string of the molecule is O=CCCNc1cc(-c2ccc(-c3cccc(C(F)(F)F)c3)cc2)nc2ccccc12. The number of hydrogen-bond acceptors (Lipinski definition) is 3. The Morgan fingerprint density at radius 3 is 2.32 bits per heavy atom. The van der Waals surface area contributed by atoms with E-state index in [1.54, 1.807) is 18.2 Å². The molecule has 4 aromatic rings. The van der Waals surface area contributed by atoms with Gasteiger partial charge >= 0.3 is 6.18 Å². The van der Waals surface area contributed by atoms with Gasteiger partial charge in [-0.3, -0.25) is 0 Å². The monoisotopic (exact) mass is 420 g/mol. The van der Waals surface area contributed by atoms with Gasteiger partial charge in [0.25, 0.3) is 0 Å². The van der Waals surface area contributed by atoms with Crippen LogP contribution in [0.25, 0.3) is 33.3 Å². The van der Waals surface area contributed by atoms with Crippen molar-refractivity contribution in [1.29, 1.82) is 0 Å². The first-order chi connectivity index (χ1) is 15.0. The molecule has 0 aliphatic carbocycles. The van der Waals surface area contributed by atoms with E-state index in [-0.39, 0.29) is 0 Å². The number of anilines is 1. The van der Waals surface area contributed by atoms with Crippen LogP contribution in [0, 0.1) is 0 Å². The number of rotatable bonds is 6. The molecule has 0 atom stereocenters. The fraction of sp³-hybridized carbons (Fsp3) is 0.120. The van der Waals surface area contributed by atoms with Crippen LogP contribution in [0.2, 0.25) is 0 Å². The Bertz CT molecular complexity index is 1220. The Morgan fingerprint density at radius 2 is 1.58 bits per heavy atom. The van der Waals surface area contributed by atoms with Crippen molar-refractivity contribution in [3.05, 3.63) is 84.4 Å². The third-order valence-corrected chi connectivity index (χ3v) is 5.00. The van der Waals surface area contributed by atoms with E-state index in [4.69, 9.17) is 4.98 Å². The summed E-state index contributed by atoms with van der Waals surface area (Å²) in [5.74, 6) is 0. The minimum Gasteiger partial charge on any atom is -0.384 e. The molecule has 0 saturated heterocycles. The van der Waals surface area contributed by atoms with E-state index in [1.165, 1.54) is 6.07 Å². The van der Waals surface area contributed by atoms with Gasteiger partial charge in [0, 0.05) is 29.6 Å². The van der Waals surface area contributed by atoms with Crippen molar-refractivity contribution in [2.45, 2.75) is 12.6 Å². The molecule has 31 heavy (non-hydrogen) atoms. The second kappa shape index (κ2) is 8.60. The molecule has 1 heterocycles. The van der Waals surface area contributed by atoms with Crippen molar-refractivity contribution >= 4 is 22.9 Å². The Labute approximate surface area is 177 Å². The van der Waals surface area contributed by atoms with Gasteiger partial charge in [0.05, 0.1) is 16.8 Å². The smallest absolute Gasteiger partial charge is 0.384 e. The van der Waals surface area contributed by atoms with E-state index in [0.29, 0.717) is 24.1 Å². The lowest BCUT2D eigenvalue weighted by atomic mass is 10.00. The van der Waals surface area contributed by atoms with E-state index in [0.717, 1.165) is 46.3 Å². The number of nitrogens with zero attached hydrogens (tertiary/aromatic N) is 1. The van der Waals surface area contributed by atoms with E-state index in [2.05, 4.69) is 5.32 Å². The number of hydrogen-bond donors (Lipinski definition) is 1. The summed E-state index contributed by atoms with van der Waals surface area (Å²) in [4.78, 5) is 15.4. The van der Waals surface area contributed by atoms with Crippen molar-refractivity contribution in [2.24, 2.45) is 0 Å². The molecule has 0 aliphatic rings. The first kappa shape index (κ1) is 20.6. The second-order valence-corrected chi connectivity index (χ2v) is 7.11. The number of pyridine rings is 1. The van der Waals surface area contributed by atoms with Gasteiger partial charge in [-0.25, -0.2) is 4.98 Å². The highest BCUT2D eigenvalue weighted by Crippen LogP contribution is 2.33. The number of aromatic nitrogens is 1. The van der Waals surface area contributed by atoms with Gasteiger partial charge in [0.2, 0.25) is 0 Å². The van der Waals surface area contributed by atoms with Crippen molar-refractivity contribution < 1.29 is 18.0 Å². The Hall–Kier alpha value is -3.67. The molecule has 6 heteroatoms. The molecule has 1 aromatic heterocycles. The number of alkyl halides is 3. The van der Waals surface area contributed by atoms with Crippen molar-refractivity contribution in [1.82, 2.24) is 4.98 Å². The van der Waals surface area contributed by atoms with Gasteiger partial charge in [-0.15, -0.1) is 0 Å². The molecular weight excluding hydrogens is 401 g/mol. The second-order valence-electron chi connectivity index (χ2n) is 7.11. The topological polar surface area (TPSA) is 42.0 Å². The summed E-state index contributed by atoms with van der Waals surface area (Å²) < 4.78 is 39.0. The summed E-state index contributed by atoms with van der Waals surface area (Å²) >= 11 is 0. The maximum Gasteiger partial charge on any atom is 0.416 e. The maximum absolute atomic E-state index is 13.0. The quantitative estimate of drug-likeness (QED) is 0.283. The molecule has 1 N–H and O–H groups in total. The van der Waals surface area contributed by atoms with Crippen LogP contribution < -0.4 is 5.32 Å². The Balaban J connectivity index is 1.68. The number of para-hydroxylation sites is 1. The molecule has 3 nitrogen and oxygen atoms in total. The highest BCUT2D eigenvalue weighted by atomic mass is 19.4. The van der Waals surface area contributed by atoms with E-state index in [9.17, 15) is 18.0 Å². The van der Waals surface area contributed by atoms with Crippen molar-refractivity contribution in [2.75, 3.05) is 11.9 Å². The van der Waals surface area contributed by atoms with Crippen LogP contribution in [0.4, 0.5) is 18.9 Å². The average molecular weight is 420 g/mol. The van der Waals surface area contributed by atoms with Gasteiger partial charge in [-0.2, -0.15) is 13.2 Å². The fourth-order valence-corrected chi connectivity index (χ4v) is 3.44. The van der Waals surface area contributed by atoms with Gasteiger partial charge in [-0.05, 0) is 35.4 Å². The molecule has 0 unspecified atom stereocenters. The zero-order valence-electron chi connectivity index (χ0n) is 16.5. The van der Waals surface area contributed by atoms with Gasteiger partial charge < -0.3 is 10.1 Å². The maximum atomic E-state index is 13.0. The van der Waals surface area contributed by atoms with E-state index in [1.807, 2.05) is 42.5 Å². The van der Waals surface area contributed by atoms with Crippen molar-refractivity contribution in [3.63, 3.8) is 0 Å². The number of carbonyl (C=O) groups excluding carboxylic acids is 1. The molecule has 3 aromatic carbocycles. The van der Waals surface area contributed by atoms with Crippen LogP contribution in [0.1, 0.15) is 12.0 Å². The summed E-state index contributed by atoms with van der Waals surface area (Å²) in [5.41, 5.74) is 3.81. The summed E-state index contributed by atoms with van der Waals surface area (Å²) in [6.45, 7) is 0.519. The minimum atomic E-state index is -4.38. The summed E-state index contributed by atoms with van der Waals surface area (Å²) in [6.07, 6.45) is -3.11. The third kappa shape index (κ3) is 4.58. The average Bonchev–Trinajstić information content (AvgIpc) is 2.79. The zero-order chi connectivity index (χ0) is 21.8. The van der Waals surface area contributed by atoms with Crippen LogP contribution in [0.5, 0.6) is 0 Å². The number of aldehydes is 1. The van der Waals surface area contributed by atoms with Crippen molar-refractivity contribution in [3.8, 4) is 22.4 Å². The van der Waals surface area contributed by atoms with Gasteiger partial charge in [0.15, 0.2) is 0 Å². The molecule has 156 valence electrons. The molecular formula is C25H19F3N2O. The number of nitrogens with one attached hydrogen (secondary N) is 1. The van der Waals surface area contributed by atoms with Crippen LogP contribution in [-0.4, -0.2) is 17.8 Å². The summed E-state index contributed by atoms with van der Waals surface area (Å²) in [6, 6.07) is 22.2. The zero-order valence-corrected chi connectivity index (χ0v) is 16.5.